The maximum atomic E-state index is 12.6. The molecular formula is C17H16N2O3. The van der Waals surface area contributed by atoms with Crippen LogP contribution in [0.4, 0.5) is 0 Å². The molecule has 0 spiro atoms. The van der Waals surface area contributed by atoms with Crippen molar-refractivity contribution in [2.24, 2.45) is 0 Å². The van der Waals surface area contributed by atoms with Crippen LogP contribution in [-0.4, -0.2) is 28.7 Å². The topological polar surface area (TPSA) is 66.5 Å². The molecule has 0 radical (unpaired) electrons. The fourth-order valence-electron chi connectivity index (χ4n) is 2.82. The molecule has 1 atom stereocenters. The highest BCUT2D eigenvalue weighted by molar-refractivity contribution is 6.05. The number of carbonyl (C=O) groups excluding carboxylic acids is 3. The predicted octanol–water partition coefficient (Wildman–Crippen LogP) is 1.21. The lowest BCUT2D eigenvalue weighted by Gasteiger charge is -2.29. The lowest BCUT2D eigenvalue weighted by atomic mass is 10.0. The van der Waals surface area contributed by atoms with Crippen LogP contribution in [0.2, 0.25) is 0 Å². The Morgan fingerprint density at radius 1 is 1.32 bits per heavy atom. The first-order valence-electron chi connectivity index (χ1n) is 7.36. The Balaban J connectivity index is 1.85. The van der Waals surface area contributed by atoms with Crippen LogP contribution in [0.15, 0.2) is 18.2 Å². The van der Waals surface area contributed by atoms with E-state index in [2.05, 4.69) is 17.2 Å². The van der Waals surface area contributed by atoms with Gasteiger partial charge in [-0.1, -0.05) is 24.8 Å². The average Bonchev–Trinajstić information content (AvgIpc) is 2.82. The van der Waals surface area contributed by atoms with E-state index in [0.717, 1.165) is 17.5 Å². The summed E-state index contributed by atoms with van der Waals surface area (Å²) in [5.74, 6) is 5.17. The summed E-state index contributed by atoms with van der Waals surface area (Å²) < 4.78 is 0. The Morgan fingerprint density at radius 2 is 2.14 bits per heavy atom. The average molecular weight is 296 g/mol. The van der Waals surface area contributed by atoms with Crippen LogP contribution in [0.3, 0.4) is 0 Å². The molecule has 2 aliphatic heterocycles. The molecule has 1 saturated heterocycles. The fraction of sp³-hybridized carbons (Fsp3) is 0.353. The summed E-state index contributed by atoms with van der Waals surface area (Å²) >= 11 is 0. The van der Waals surface area contributed by atoms with E-state index < -0.39 is 6.04 Å². The van der Waals surface area contributed by atoms with Gasteiger partial charge in [0.2, 0.25) is 11.8 Å². The van der Waals surface area contributed by atoms with Crippen LogP contribution in [0.5, 0.6) is 0 Å². The van der Waals surface area contributed by atoms with Crippen LogP contribution in [-0.2, 0) is 16.1 Å². The van der Waals surface area contributed by atoms with Crippen molar-refractivity contribution in [3.05, 3.63) is 34.9 Å². The third kappa shape index (κ3) is 2.48. The molecule has 1 fully saturated rings. The van der Waals surface area contributed by atoms with Gasteiger partial charge in [0, 0.05) is 30.5 Å². The second-order valence-corrected chi connectivity index (χ2v) is 5.43. The number of rotatable bonds is 1. The summed E-state index contributed by atoms with van der Waals surface area (Å²) in [7, 11) is 0. The number of nitrogens with one attached hydrogen (secondary N) is 1. The molecule has 3 rings (SSSR count). The van der Waals surface area contributed by atoms with Crippen LogP contribution in [0, 0.1) is 11.8 Å². The maximum Gasteiger partial charge on any atom is 0.255 e. The molecule has 0 saturated carbocycles. The summed E-state index contributed by atoms with van der Waals surface area (Å²) in [5.41, 5.74) is 2.31. The molecule has 2 heterocycles. The Labute approximate surface area is 128 Å². The van der Waals surface area contributed by atoms with Crippen LogP contribution >= 0.6 is 0 Å². The standard InChI is InChI=1S/C17H16N2O3/c1-2-3-4-11-5-6-12-10-19(17(22)13(12)9-11)14-7-8-15(20)18-16(14)21/h5-6,9,14H,2,7-8,10H2,1H3,(H,18,20,21). The second-order valence-electron chi connectivity index (χ2n) is 5.43. The highest BCUT2D eigenvalue weighted by atomic mass is 16.2. The SMILES string of the molecule is CCC#Cc1ccc2c(c1)C(=O)N(C1CCC(=O)NC1=O)C2. The van der Waals surface area contributed by atoms with Crippen molar-refractivity contribution in [2.75, 3.05) is 0 Å². The first-order chi connectivity index (χ1) is 10.6. The smallest absolute Gasteiger partial charge is 0.255 e. The highest BCUT2D eigenvalue weighted by Crippen LogP contribution is 2.27. The van der Waals surface area contributed by atoms with Gasteiger partial charge in [0.25, 0.3) is 5.91 Å². The van der Waals surface area contributed by atoms with Crippen molar-refractivity contribution >= 4 is 17.7 Å². The zero-order chi connectivity index (χ0) is 15.7. The quantitative estimate of drug-likeness (QED) is 0.626. The minimum Gasteiger partial charge on any atom is -0.322 e. The van der Waals surface area contributed by atoms with E-state index in [4.69, 9.17) is 0 Å². The van der Waals surface area contributed by atoms with E-state index in [1.807, 2.05) is 19.1 Å². The highest BCUT2D eigenvalue weighted by Gasteiger charge is 2.38. The zero-order valence-corrected chi connectivity index (χ0v) is 12.3. The number of carbonyl (C=O) groups is 3. The molecule has 2 aliphatic rings. The first-order valence-corrected chi connectivity index (χ1v) is 7.36. The monoisotopic (exact) mass is 296 g/mol. The number of amides is 3. The van der Waals surface area contributed by atoms with Crippen LogP contribution in [0.1, 0.15) is 47.7 Å². The molecule has 22 heavy (non-hydrogen) atoms. The second kappa shape index (κ2) is 5.64. The molecule has 5 nitrogen and oxygen atoms in total. The van der Waals surface area contributed by atoms with Crippen molar-refractivity contribution in [1.82, 2.24) is 10.2 Å². The van der Waals surface area contributed by atoms with E-state index in [0.29, 0.717) is 18.5 Å². The third-order valence-electron chi connectivity index (χ3n) is 3.94. The van der Waals surface area contributed by atoms with E-state index in [9.17, 15) is 14.4 Å². The van der Waals surface area contributed by atoms with E-state index in [1.54, 1.807) is 11.0 Å². The summed E-state index contributed by atoms with van der Waals surface area (Å²) in [6.07, 6.45) is 1.41. The van der Waals surface area contributed by atoms with Gasteiger partial charge in [0.1, 0.15) is 6.04 Å². The summed E-state index contributed by atoms with van der Waals surface area (Å²) in [5, 5.41) is 2.30. The number of benzene rings is 1. The molecule has 1 aromatic rings. The minimum atomic E-state index is -0.567. The lowest BCUT2D eigenvalue weighted by Crippen LogP contribution is -2.52. The summed E-state index contributed by atoms with van der Waals surface area (Å²) in [6, 6.07) is 5.00. The first kappa shape index (κ1) is 14.3. The van der Waals surface area contributed by atoms with Gasteiger partial charge >= 0.3 is 0 Å². The molecule has 0 aliphatic carbocycles. The largest absolute Gasteiger partial charge is 0.322 e. The summed E-state index contributed by atoms with van der Waals surface area (Å²) in [6.45, 7) is 2.37. The molecule has 0 bridgehead atoms. The molecule has 0 aromatic heterocycles. The molecule has 1 N–H and O–H groups in total. The maximum absolute atomic E-state index is 12.6. The van der Waals surface area contributed by atoms with Gasteiger partial charge < -0.3 is 4.90 Å². The normalized spacial score (nSPS) is 20.3. The molecule has 3 amide bonds. The van der Waals surface area contributed by atoms with Gasteiger partial charge in [0.15, 0.2) is 0 Å². The number of fused-ring (bicyclic) bond motifs is 1. The lowest BCUT2D eigenvalue weighted by molar-refractivity contribution is -0.136. The molecular weight excluding hydrogens is 280 g/mol. The Morgan fingerprint density at radius 3 is 2.86 bits per heavy atom. The Hall–Kier alpha value is -2.61. The van der Waals surface area contributed by atoms with Gasteiger partial charge in [-0.25, -0.2) is 0 Å². The minimum absolute atomic E-state index is 0.162. The van der Waals surface area contributed by atoms with Crippen molar-refractivity contribution in [1.29, 1.82) is 0 Å². The number of nitrogens with zero attached hydrogens (tertiary/aromatic N) is 1. The van der Waals surface area contributed by atoms with Gasteiger partial charge in [-0.3, -0.25) is 19.7 Å². The Bertz CT molecular complexity index is 727. The third-order valence-corrected chi connectivity index (χ3v) is 3.94. The zero-order valence-electron chi connectivity index (χ0n) is 12.3. The number of hydrogen-bond acceptors (Lipinski definition) is 3. The molecule has 1 unspecified atom stereocenters. The van der Waals surface area contributed by atoms with E-state index in [1.165, 1.54) is 0 Å². The van der Waals surface area contributed by atoms with Crippen LogP contribution < -0.4 is 5.32 Å². The Kier molecular flexibility index (Phi) is 3.68. The molecule has 5 heteroatoms. The molecule has 1 aromatic carbocycles. The predicted molar refractivity (Wildman–Crippen MR) is 79.7 cm³/mol. The molecule has 112 valence electrons. The van der Waals surface area contributed by atoms with Gasteiger partial charge in [-0.15, -0.1) is 0 Å². The number of imide groups is 1. The van der Waals surface area contributed by atoms with Crippen molar-refractivity contribution < 1.29 is 14.4 Å². The van der Waals surface area contributed by atoms with Crippen molar-refractivity contribution in [3.63, 3.8) is 0 Å². The summed E-state index contributed by atoms with van der Waals surface area (Å²) in [4.78, 5) is 37.3. The van der Waals surface area contributed by atoms with Gasteiger partial charge in [-0.05, 0) is 24.1 Å². The van der Waals surface area contributed by atoms with E-state index >= 15 is 0 Å². The van der Waals surface area contributed by atoms with Gasteiger partial charge in [-0.2, -0.15) is 0 Å². The van der Waals surface area contributed by atoms with Gasteiger partial charge in [0.05, 0.1) is 0 Å². The van der Waals surface area contributed by atoms with Crippen molar-refractivity contribution in [3.8, 4) is 11.8 Å². The fourth-order valence-corrected chi connectivity index (χ4v) is 2.82. The van der Waals surface area contributed by atoms with E-state index in [-0.39, 0.29) is 24.1 Å². The van der Waals surface area contributed by atoms with Crippen molar-refractivity contribution in [2.45, 2.75) is 38.8 Å². The van der Waals surface area contributed by atoms with Crippen LogP contribution in [0.25, 0.3) is 0 Å². The number of hydrogen-bond donors (Lipinski definition) is 1. The number of piperidine rings is 1.